The van der Waals surface area contributed by atoms with Gasteiger partial charge in [-0.25, -0.2) is 4.98 Å². The van der Waals surface area contributed by atoms with Crippen LogP contribution in [0.4, 0.5) is 0 Å². The molecule has 0 saturated heterocycles. The zero-order chi connectivity index (χ0) is 12.3. The molecule has 0 aliphatic rings. The van der Waals surface area contributed by atoms with Crippen molar-refractivity contribution in [2.75, 3.05) is 0 Å². The molecular weight excluding hydrogens is 254 g/mol. The number of imidazole rings is 1. The van der Waals surface area contributed by atoms with Gasteiger partial charge in [0.2, 0.25) is 0 Å². The molecule has 2 aromatic rings. The van der Waals surface area contributed by atoms with Gasteiger partial charge in [0, 0.05) is 6.04 Å². The monoisotopic (exact) mass is 269 g/mol. The van der Waals surface area contributed by atoms with Gasteiger partial charge in [0.05, 0.1) is 27.6 Å². The summed E-state index contributed by atoms with van der Waals surface area (Å²) < 4.78 is 0.800. The van der Waals surface area contributed by atoms with Gasteiger partial charge in [-0.05, 0) is 25.5 Å². The number of aromatic nitrogens is 2. The molecule has 1 atom stereocenters. The third-order valence-corrected chi connectivity index (χ3v) is 3.96. The minimum Gasteiger partial charge on any atom is -0.340 e. The van der Waals surface area contributed by atoms with Gasteiger partial charge in [0.1, 0.15) is 5.82 Å². The Balaban J connectivity index is 2.01. The van der Waals surface area contributed by atoms with Crippen molar-refractivity contribution in [3.05, 3.63) is 28.5 Å². The smallest absolute Gasteiger partial charge is 0.120 e. The standard InChI is InChI=1S/C12H16ClN3S/c1-3-8(2)14-7-12-15-6-9(16-12)10-4-5-11(13)17-10/h4-6,8,14H,3,7H2,1-2H3,(H,15,16). The van der Waals surface area contributed by atoms with Crippen molar-refractivity contribution in [3.63, 3.8) is 0 Å². The zero-order valence-electron chi connectivity index (χ0n) is 9.96. The predicted octanol–water partition coefficient (Wildman–Crippen LogP) is 3.68. The lowest BCUT2D eigenvalue weighted by atomic mass is 10.2. The van der Waals surface area contributed by atoms with Crippen LogP contribution in [-0.4, -0.2) is 16.0 Å². The van der Waals surface area contributed by atoms with Crippen LogP contribution in [0, 0.1) is 0 Å². The van der Waals surface area contributed by atoms with Crippen molar-refractivity contribution >= 4 is 22.9 Å². The first kappa shape index (κ1) is 12.6. The van der Waals surface area contributed by atoms with E-state index in [1.54, 1.807) is 11.3 Å². The highest BCUT2D eigenvalue weighted by molar-refractivity contribution is 7.19. The molecule has 0 aromatic carbocycles. The zero-order valence-corrected chi connectivity index (χ0v) is 11.5. The minimum atomic E-state index is 0.514. The summed E-state index contributed by atoms with van der Waals surface area (Å²) in [6.45, 7) is 5.11. The number of aromatic amines is 1. The number of hydrogen-bond donors (Lipinski definition) is 2. The van der Waals surface area contributed by atoms with E-state index in [-0.39, 0.29) is 0 Å². The van der Waals surface area contributed by atoms with E-state index < -0.39 is 0 Å². The predicted molar refractivity (Wildman–Crippen MR) is 73.5 cm³/mol. The van der Waals surface area contributed by atoms with Crippen molar-refractivity contribution in [3.8, 4) is 10.6 Å². The van der Waals surface area contributed by atoms with Gasteiger partial charge in [-0.1, -0.05) is 18.5 Å². The molecule has 2 aromatic heterocycles. The Morgan fingerprint density at radius 1 is 1.53 bits per heavy atom. The van der Waals surface area contributed by atoms with Crippen molar-refractivity contribution in [2.24, 2.45) is 0 Å². The molecule has 0 radical (unpaired) electrons. The van der Waals surface area contributed by atoms with Crippen LogP contribution in [0.2, 0.25) is 4.34 Å². The van der Waals surface area contributed by atoms with E-state index in [0.29, 0.717) is 6.04 Å². The van der Waals surface area contributed by atoms with E-state index in [2.05, 4.69) is 29.1 Å². The van der Waals surface area contributed by atoms with E-state index >= 15 is 0 Å². The fraction of sp³-hybridized carbons (Fsp3) is 0.417. The van der Waals surface area contributed by atoms with Gasteiger partial charge in [-0.15, -0.1) is 11.3 Å². The second kappa shape index (κ2) is 5.67. The van der Waals surface area contributed by atoms with E-state index in [9.17, 15) is 0 Å². The summed E-state index contributed by atoms with van der Waals surface area (Å²) in [5.74, 6) is 0.963. The van der Waals surface area contributed by atoms with Crippen molar-refractivity contribution < 1.29 is 0 Å². The number of rotatable bonds is 5. The Bertz CT molecular complexity index is 478. The molecule has 3 nitrogen and oxygen atoms in total. The molecular formula is C12H16ClN3S. The molecule has 2 heterocycles. The summed E-state index contributed by atoms with van der Waals surface area (Å²) >= 11 is 7.47. The first-order chi connectivity index (χ1) is 8.19. The second-order valence-electron chi connectivity index (χ2n) is 4.04. The molecule has 0 spiro atoms. The van der Waals surface area contributed by atoms with Gasteiger partial charge < -0.3 is 10.3 Å². The number of halogens is 1. The van der Waals surface area contributed by atoms with Crippen LogP contribution in [0.25, 0.3) is 10.6 Å². The maximum atomic E-state index is 5.91. The van der Waals surface area contributed by atoms with Crippen LogP contribution in [0.15, 0.2) is 18.3 Å². The number of hydrogen-bond acceptors (Lipinski definition) is 3. The Hall–Kier alpha value is -0.840. The molecule has 2 N–H and O–H groups in total. The van der Waals surface area contributed by atoms with Crippen LogP contribution < -0.4 is 5.32 Å². The fourth-order valence-corrected chi connectivity index (χ4v) is 2.46. The fourth-order valence-electron chi connectivity index (χ4n) is 1.45. The lowest BCUT2D eigenvalue weighted by molar-refractivity contribution is 0.525. The minimum absolute atomic E-state index is 0.514. The van der Waals surface area contributed by atoms with Crippen LogP contribution >= 0.6 is 22.9 Å². The van der Waals surface area contributed by atoms with Gasteiger partial charge in [-0.2, -0.15) is 0 Å². The van der Waals surface area contributed by atoms with Gasteiger partial charge in [0.15, 0.2) is 0 Å². The van der Waals surface area contributed by atoms with Crippen LogP contribution in [0.1, 0.15) is 26.1 Å². The van der Waals surface area contributed by atoms with E-state index in [4.69, 9.17) is 11.6 Å². The topological polar surface area (TPSA) is 40.7 Å². The average Bonchev–Trinajstić information content (AvgIpc) is 2.94. The van der Waals surface area contributed by atoms with Gasteiger partial charge in [0.25, 0.3) is 0 Å². The Labute approximate surface area is 110 Å². The van der Waals surface area contributed by atoms with E-state index in [1.165, 1.54) is 0 Å². The van der Waals surface area contributed by atoms with E-state index in [0.717, 1.165) is 33.7 Å². The summed E-state index contributed by atoms with van der Waals surface area (Å²) in [5.41, 5.74) is 1.03. The third kappa shape index (κ3) is 3.31. The molecule has 17 heavy (non-hydrogen) atoms. The van der Waals surface area contributed by atoms with Crippen LogP contribution in [0.3, 0.4) is 0 Å². The van der Waals surface area contributed by atoms with Gasteiger partial charge in [-0.3, -0.25) is 0 Å². The molecule has 0 bridgehead atoms. The molecule has 0 amide bonds. The third-order valence-electron chi connectivity index (χ3n) is 2.70. The quantitative estimate of drug-likeness (QED) is 0.869. The molecule has 0 aliphatic heterocycles. The summed E-state index contributed by atoms with van der Waals surface area (Å²) in [6, 6.07) is 4.42. The summed E-state index contributed by atoms with van der Waals surface area (Å²) in [7, 11) is 0. The normalized spacial score (nSPS) is 12.9. The van der Waals surface area contributed by atoms with Crippen LogP contribution in [-0.2, 0) is 6.54 Å². The molecule has 5 heteroatoms. The molecule has 1 unspecified atom stereocenters. The number of nitrogens with zero attached hydrogens (tertiary/aromatic N) is 1. The van der Waals surface area contributed by atoms with Gasteiger partial charge >= 0.3 is 0 Å². The van der Waals surface area contributed by atoms with Crippen LogP contribution in [0.5, 0.6) is 0 Å². The Morgan fingerprint density at radius 3 is 3.00 bits per heavy atom. The SMILES string of the molecule is CCC(C)NCc1ncc(-c2ccc(Cl)s2)[nH]1. The summed E-state index contributed by atoms with van der Waals surface area (Å²) in [6.07, 6.45) is 2.98. The lowest BCUT2D eigenvalue weighted by Gasteiger charge is -2.08. The summed E-state index contributed by atoms with van der Waals surface area (Å²) in [5, 5.41) is 3.40. The van der Waals surface area contributed by atoms with Crippen molar-refractivity contribution in [1.82, 2.24) is 15.3 Å². The highest BCUT2D eigenvalue weighted by Gasteiger charge is 2.06. The second-order valence-corrected chi connectivity index (χ2v) is 5.75. The molecule has 92 valence electrons. The van der Waals surface area contributed by atoms with E-state index in [1.807, 2.05) is 18.3 Å². The number of H-pyrrole nitrogens is 1. The molecule has 0 fully saturated rings. The van der Waals surface area contributed by atoms with Crippen molar-refractivity contribution in [1.29, 1.82) is 0 Å². The first-order valence-electron chi connectivity index (χ1n) is 5.72. The first-order valence-corrected chi connectivity index (χ1v) is 6.91. The highest BCUT2D eigenvalue weighted by Crippen LogP contribution is 2.29. The maximum absolute atomic E-state index is 5.91. The molecule has 0 aliphatic carbocycles. The maximum Gasteiger partial charge on any atom is 0.120 e. The highest BCUT2D eigenvalue weighted by atomic mass is 35.5. The van der Waals surface area contributed by atoms with Crippen molar-refractivity contribution in [2.45, 2.75) is 32.9 Å². The molecule has 2 rings (SSSR count). The lowest BCUT2D eigenvalue weighted by Crippen LogP contribution is -2.24. The summed E-state index contributed by atoms with van der Waals surface area (Å²) in [4.78, 5) is 8.78. The Kier molecular flexibility index (Phi) is 4.20. The largest absolute Gasteiger partial charge is 0.340 e. The average molecular weight is 270 g/mol. The number of thiophene rings is 1. The number of nitrogens with one attached hydrogen (secondary N) is 2. The molecule has 0 saturated carbocycles. The Morgan fingerprint density at radius 2 is 2.35 bits per heavy atom.